The molecule has 1 amide bonds. The van der Waals surface area contributed by atoms with Crippen LogP contribution in [0.2, 0.25) is 10.0 Å². The van der Waals surface area contributed by atoms with E-state index in [2.05, 4.69) is 51.4 Å². The highest BCUT2D eigenvalue weighted by atomic mass is 35.5. The summed E-state index contributed by atoms with van der Waals surface area (Å²) in [5.41, 5.74) is 1.61. The summed E-state index contributed by atoms with van der Waals surface area (Å²) in [6.45, 7) is 7.83. The number of anilines is 2. The molecule has 3 N–H and O–H groups in total. The van der Waals surface area contributed by atoms with E-state index in [9.17, 15) is 4.79 Å². The third-order valence-corrected chi connectivity index (χ3v) is 8.75. The maximum absolute atomic E-state index is 11.9. The van der Waals surface area contributed by atoms with Gasteiger partial charge in [-0.25, -0.2) is 15.0 Å². The number of halogens is 2. The maximum Gasteiger partial charge on any atom is 0.243 e. The molecule has 2 fully saturated rings. The molecule has 2 aromatic heterocycles. The Bertz CT molecular complexity index is 1500. The Hall–Kier alpha value is -3.42. The normalized spacial score (nSPS) is 20.2. The van der Waals surface area contributed by atoms with E-state index >= 15 is 0 Å². The number of methoxy groups -OCH3 is 2. The molecule has 44 heavy (non-hydrogen) atoms. The lowest BCUT2D eigenvalue weighted by Gasteiger charge is -2.21. The second-order valence-electron chi connectivity index (χ2n) is 11.0. The monoisotopic (exact) mass is 644 g/mol. The van der Waals surface area contributed by atoms with Crippen molar-refractivity contribution < 1.29 is 19.0 Å². The number of benzene rings is 1. The van der Waals surface area contributed by atoms with E-state index in [1.165, 1.54) is 20.3 Å². The highest BCUT2D eigenvalue weighted by molar-refractivity contribution is 6.41. The molecule has 1 unspecified atom stereocenters. The van der Waals surface area contributed by atoms with Crippen LogP contribution in [0, 0.1) is 0 Å². The van der Waals surface area contributed by atoms with Gasteiger partial charge in [-0.2, -0.15) is 0 Å². The smallest absolute Gasteiger partial charge is 0.243 e. The van der Waals surface area contributed by atoms with Gasteiger partial charge in [-0.15, -0.1) is 0 Å². The molecule has 0 spiro atoms. The number of aromatic nitrogens is 3. The average Bonchev–Trinajstić information content (AvgIpc) is 3.67. The van der Waals surface area contributed by atoms with E-state index in [0.29, 0.717) is 75.9 Å². The third-order valence-electron chi connectivity index (χ3n) is 8.00. The molecule has 3 aromatic rings. The molecule has 0 bridgehead atoms. The van der Waals surface area contributed by atoms with Crippen LogP contribution in [0.5, 0.6) is 11.5 Å². The highest BCUT2D eigenvalue weighted by Crippen LogP contribution is 2.46. The van der Waals surface area contributed by atoms with Gasteiger partial charge in [0.15, 0.2) is 5.82 Å². The zero-order valence-electron chi connectivity index (χ0n) is 25.3. The van der Waals surface area contributed by atoms with E-state index < -0.39 is 0 Å². The van der Waals surface area contributed by atoms with Crippen molar-refractivity contribution in [3.05, 3.63) is 41.0 Å². The number of nitrogens with zero attached hydrogens (tertiary/aromatic N) is 5. The molecule has 0 radical (unpaired) electrons. The second kappa shape index (κ2) is 14.1. The van der Waals surface area contributed by atoms with Gasteiger partial charge in [-0.05, 0) is 39.2 Å². The first kappa shape index (κ1) is 32.0. The van der Waals surface area contributed by atoms with Crippen LogP contribution in [-0.4, -0.2) is 116 Å². The summed E-state index contributed by atoms with van der Waals surface area (Å²) < 4.78 is 16.6. The van der Waals surface area contributed by atoms with Crippen molar-refractivity contribution in [1.29, 1.82) is 0 Å². The number of amides is 1. The molecule has 4 heterocycles. The second-order valence-corrected chi connectivity index (χ2v) is 11.8. The minimum absolute atomic E-state index is 0.221. The number of hydrogen-bond acceptors (Lipinski definition) is 11. The standard InChI is InChI=1S/C30H38Cl2N8O4/c1-6-24(41)35-20-15-44-16-21(20)37-30-34-13-17-11-19(25-26(31)22(42-4)12-23(43-5)27(25)32)36-29(28(17)38-30)33-8-10-40-9-7-18(14-40)39(2)3/h6,11-13,18,20-21H,1,7-10,14-16H2,2-5H3,(H,33,36)(H,35,41)(H,34,37,38)/t18?,20-,21+/m0/s1. The Labute approximate surface area is 267 Å². The summed E-state index contributed by atoms with van der Waals surface area (Å²) in [5, 5.41) is 11.1. The summed E-state index contributed by atoms with van der Waals surface area (Å²) in [6.07, 6.45) is 4.09. The van der Waals surface area contributed by atoms with Gasteiger partial charge in [0.05, 0.1) is 55.3 Å². The van der Waals surface area contributed by atoms with E-state index in [1.807, 2.05) is 6.07 Å². The SMILES string of the molecule is C=CC(=O)N[C@H]1COC[C@H]1Nc1ncc2cc(-c3c(Cl)c(OC)cc(OC)c3Cl)nc(NCCN3CCC(N(C)C)C3)c2n1. The van der Waals surface area contributed by atoms with Crippen LogP contribution in [0.25, 0.3) is 22.2 Å². The number of ether oxygens (including phenoxy) is 3. The van der Waals surface area contributed by atoms with Crippen LogP contribution in [0.15, 0.2) is 31.0 Å². The zero-order valence-corrected chi connectivity index (χ0v) is 26.8. The number of fused-ring (bicyclic) bond motifs is 1. The Balaban J connectivity index is 1.48. The largest absolute Gasteiger partial charge is 0.495 e. The number of nitrogens with one attached hydrogen (secondary N) is 3. The van der Waals surface area contributed by atoms with E-state index in [0.717, 1.165) is 31.4 Å². The Kier molecular flexibility index (Phi) is 10.3. The number of likely N-dealkylation sites (tertiary alicyclic amines) is 1. The average molecular weight is 646 g/mol. The molecule has 0 aliphatic carbocycles. The molecule has 12 nitrogen and oxygen atoms in total. The Morgan fingerprint density at radius 1 is 1.16 bits per heavy atom. The fourth-order valence-corrected chi connectivity index (χ4v) is 6.18. The van der Waals surface area contributed by atoms with Gasteiger partial charge in [-0.3, -0.25) is 9.69 Å². The predicted octanol–water partition coefficient (Wildman–Crippen LogP) is 3.55. The minimum atomic E-state index is -0.267. The first-order chi connectivity index (χ1) is 21.2. The lowest BCUT2D eigenvalue weighted by Crippen LogP contribution is -2.45. The predicted molar refractivity (Wildman–Crippen MR) is 173 cm³/mol. The number of rotatable bonds is 12. The molecule has 2 aliphatic heterocycles. The topological polar surface area (TPSA) is 126 Å². The zero-order chi connectivity index (χ0) is 31.4. The lowest BCUT2D eigenvalue weighted by molar-refractivity contribution is -0.117. The van der Waals surface area contributed by atoms with Crippen molar-refractivity contribution in [3.63, 3.8) is 0 Å². The van der Waals surface area contributed by atoms with Crippen LogP contribution in [0.1, 0.15) is 6.42 Å². The molecular formula is C30H38Cl2N8O4. The van der Waals surface area contributed by atoms with E-state index in [-0.39, 0.29) is 18.0 Å². The van der Waals surface area contributed by atoms with Gasteiger partial charge in [0.25, 0.3) is 0 Å². The van der Waals surface area contributed by atoms with E-state index in [4.69, 9.17) is 47.4 Å². The minimum Gasteiger partial charge on any atom is -0.495 e. The number of hydrogen-bond donors (Lipinski definition) is 3. The summed E-state index contributed by atoms with van der Waals surface area (Å²) in [4.78, 5) is 31.0. The van der Waals surface area contributed by atoms with Crippen molar-refractivity contribution >= 4 is 51.8 Å². The molecule has 2 aliphatic rings. The van der Waals surface area contributed by atoms with Crippen molar-refractivity contribution in [2.75, 3.05) is 78.3 Å². The molecule has 3 atom stereocenters. The van der Waals surface area contributed by atoms with Crippen LogP contribution < -0.4 is 25.4 Å². The fraction of sp³-hybridized carbons (Fsp3) is 0.467. The number of carbonyl (C=O) groups excluding carboxylic acids is 1. The van der Waals surface area contributed by atoms with Crippen molar-refractivity contribution in [3.8, 4) is 22.8 Å². The quantitative estimate of drug-likeness (QED) is 0.251. The highest BCUT2D eigenvalue weighted by Gasteiger charge is 2.30. The van der Waals surface area contributed by atoms with Gasteiger partial charge in [0.1, 0.15) is 17.0 Å². The van der Waals surface area contributed by atoms with Gasteiger partial charge in [0.2, 0.25) is 11.9 Å². The Morgan fingerprint density at radius 2 is 1.89 bits per heavy atom. The number of carbonyl (C=O) groups is 1. The van der Waals surface area contributed by atoms with Crippen LogP contribution >= 0.6 is 23.2 Å². The molecule has 236 valence electrons. The first-order valence-electron chi connectivity index (χ1n) is 14.4. The van der Waals surface area contributed by atoms with Gasteiger partial charge < -0.3 is 35.1 Å². The van der Waals surface area contributed by atoms with E-state index in [1.54, 1.807) is 12.3 Å². The van der Waals surface area contributed by atoms with Crippen LogP contribution in [0.4, 0.5) is 11.8 Å². The maximum atomic E-state index is 11.9. The van der Waals surface area contributed by atoms with Gasteiger partial charge >= 0.3 is 0 Å². The number of pyridine rings is 1. The summed E-state index contributed by atoms with van der Waals surface area (Å²) in [5.74, 6) is 1.50. The molecule has 14 heteroatoms. The van der Waals surface area contributed by atoms with Crippen molar-refractivity contribution in [2.45, 2.75) is 24.5 Å². The lowest BCUT2D eigenvalue weighted by atomic mass is 10.1. The molecular weight excluding hydrogens is 607 g/mol. The van der Waals surface area contributed by atoms with Crippen molar-refractivity contribution in [2.24, 2.45) is 0 Å². The first-order valence-corrected chi connectivity index (χ1v) is 15.2. The van der Waals surface area contributed by atoms with Crippen LogP contribution in [-0.2, 0) is 9.53 Å². The molecule has 2 saturated heterocycles. The summed E-state index contributed by atoms with van der Waals surface area (Å²) in [6, 6.07) is 3.55. The summed E-state index contributed by atoms with van der Waals surface area (Å²) >= 11 is 13.5. The van der Waals surface area contributed by atoms with Gasteiger partial charge in [0, 0.05) is 48.9 Å². The third kappa shape index (κ3) is 6.94. The van der Waals surface area contributed by atoms with Gasteiger partial charge in [-0.1, -0.05) is 29.8 Å². The summed E-state index contributed by atoms with van der Waals surface area (Å²) in [7, 11) is 7.31. The molecule has 0 saturated carbocycles. The van der Waals surface area contributed by atoms with Crippen molar-refractivity contribution in [1.82, 2.24) is 30.1 Å². The Morgan fingerprint density at radius 3 is 2.55 bits per heavy atom. The fourth-order valence-electron chi connectivity index (χ4n) is 5.49. The number of likely N-dealkylation sites (N-methyl/N-ethyl adjacent to an activating group) is 1. The van der Waals surface area contributed by atoms with Crippen LogP contribution in [0.3, 0.4) is 0 Å². The molecule has 1 aromatic carbocycles. The molecule has 5 rings (SSSR count).